The van der Waals surface area contributed by atoms with Gasteiger partial charge in [0.05, 0.1) is 0 Å². The zero-order valence-electron chi connectivity index (χ0n) is 11.3. The Morgan fingerprint density at radius 3 is 2.35 bits per heavy atom. The van der Waals surface area contributed by atoms with E-state index in [0.717, 1.165) is 11.3 Å². The van der Waals surface area contributed by atoms with Crippen LogP contribution < -0.4 is 4.68 Å². The summed E-state index contributed by atoms with van der Waals surface area (Å²) in [4.78, 5) is 19.3. The summed E-state index contributed by atoms with van der Waals surface area (Å²) in [6, 6.07) is 1.84. The molecule has 0 saturated carbocycles. The molecule has 0 aliphatic carbocycles. The minimum absolute atomic E-state index is 0.0648. The molecule has 2 aromatic heterocycles. The van der Waals surface area contributed by atoms with Crippen molar-refractivity contribution in [1.29, 1.82) is 0 Å². The first-order valence-electron chi connectivity index (χ1n) is 5.85. The molecule has 12 heteroatoms. The molecule has 124 valence electrons. The first-order valence-corrected chi connectivity index (χ1v) is 6.69. The third-order valence-corrected chi connectivity index (χ3v) is 2.73. The Labute approximate surface area is 131 Å². The summed E-state index contributed by atoms with van der Waals surface area (Å²) in [7, 11) is 0. The SMILES string of the molecule is O=C(O)C(F)(F)F.O=C(O)CC[n+]1ccc(-c2csnn2)cn1. The second-order valence-electron chi connectivity index (χ2n) is 3.92. The predicted octanol–water partition coefficient (Wildman–Crippen LogP) is 0.996. The van der Waals surface area contributed by atoms with E-state index in [-0.39, 0.29) is 6.42 Å². The van der Waals surface area contributed by atoms with Crippen LogP contribution in [0, 0.1) is 0 Å². The minimum Gasteiger partial charge on any atom is -0.481 e. The molecule has 0 unspecified atom stereocenters. The maximum atomic E-state index is 10.6. The van der Waals surface area contributed by atoms with Crippen LogP contribution in [0.15, 0.2) is 23.8 Å². The largest absolute Gasteiger partial charge is 0.490 e. The zero-order valence-corrected chi connectivity index (χ0v) is 12.1. The molecule has 2 N–H and O–H groups in total. The summed E-state index contributed by atoms with van der Waals surface area (Å²) in [6.07, 6.45) is -1.63. The molecule has 0 aliphatic heterocycles. The van der Waals surface area contributed by atoms with Gasteiger partial charge < -0.3 is 10.2 Å². The highest BCUT2D eigenvalue weighted by molar-refractivity contribution is 7.03. The van der Waals surface area contributed by atoms with Crippen LogP contribution in [0.5, 0.6) is 0 Å². The Hall–Kier alpha value is -2.63. The van der Waals surface area contributed by atoms with Crippen LogP contribution in [0.4, 0.5) is 13.2 Å². The third-order valence-electron chi connectivity index (χ3n) is 2.22. The van der Waals surface area contributed by atoms with E-state index in [9.17, 15) is 18.0 Å². The molecule has 0 spiro atoms. The molecule has 0 aliphatic rings. The van der Waals surface area contributed by atoms with Gasteiger partial charge in [0.1, 0.15) is 18.3 Å². The van der Waals surface area contributed by atoms with E-state index in [2.05, 4.69) is 14.7 Å². The summed E-state index contributed by atoms with van der Waals surface area (Å²) >= 11 is 1.28. The van der Waals surface area contributed by atoms with Gasteiger partial charge in [-0.3, -0.25) is 4.79 Å². The quantitative estimate of drug-likeness (QED) is 0.789. The summed E-state index contributed by atoms with van der Waals surface area (Å²) in [6.45, 7) is 0.366. The van der Waals surface area contributed by atoms with Crippen LogP contribution in [0.2, 0.25) is 0 Å². The maximum absolute atomic E-state index is 10.6. The van der Waals surface area contributed by atoms with E-state index in [1.807, 2.05) is 11.4 Å². The standard InChI is InChI=1S/C9H8N4O2S.C2HF3O2/c14-9(15)2-4-13-3-1-7(5-10-13)8-6-16-12-11-8;3-2(4,5)1(6)7/h1,3,5-6H,2,4H2;(H,6,7)/p+1. The van der Waals surface area contributed by atoms with Crippen molar-refractivity contribution in [3.05, 3.63) is 23.8 Å². The highest BCUT2D eigenvalue weighted by Gasteiger charge is 2.38. The van der Waals surface area contributed by atoms with E-state index < -0.39 is 18.1 Å². The molecule has 0 saturated heterocycles. The normalized spacial score (nSPS) is 10.6. The van der Waals surface area contributed by atoms with Gasteiger partial charge in [0.15, 0.2) is 12.7 Å². The molecule has 8 nitrogen and oxygen atoms in total. The molecular weight excluding hydrogens is 341 g/mol. The highest BCUT2D eigenvalue weighted by Crippen LogP contribution is 2.14. The van der Waals surface area contributed by atoms with E-state index in [0.29, 0.717) is 6.54 Å². The zero-order chi connectivity index (χ0) is 17.5. The first-order chi connectivity index (χ1) is 10.7. The number of carbonyl (C=O) groups is 2. The second-order valence-corrected chi connectivity index (χ2v) is 4.53. The molecule has 2 aromatic rings. The monoisotopic (exact) mass is 351 g/mol. The number of aliphatic carboxylic acids is 2. The van der Waals surface area contributed by atoms with E-state index in [4.69, 9.17) is 15.0 Å². The third kappa shape index (κ3) is 6.78. The number of carboxylic acids is 2. The summed E-state index contributed by atoms with van der Waals surface area (Å²) in [5, 5.41) is 25.5. The lowest BCUT2D eigenvalue weighted by Crippen LogP contribution is -2.38. The topological polar surface area (TPSA) is 117 Å². The van der Waals surface area contributed by atoms with Crippen molar-refractivity contribution in [2.45, 2.75) is 19.1 Å². The Kier molecular flexibility index (Phi) is 6.50. The fourth-order valence-corrected chi connectivity index (χ4v) is 1.63. The van der Waals surface area contributed by atoms with Crippen molar-refractivity contribution < 1.29 is 37.7 Å². The van der Waals surface area contributed by atoms with Crippen LogP contribution in [-0.4, -0.2) is 43.0 Å². The van der Waals surface area contributed by atoms with Gasteiger partial charge in [-0.2, -0.15) is 13.2 Å². The number of hydrogen-bond donors (Lipinski definition) is 2. The highest BCUT2D eigenvalue weighted by atomic mass is 32.1. The number of aryl methyl sites for hydroxylation is 1. The van der Waals surface area contributed by atoms with Crippen molar-refractivity contribution in [3.8, 4) is 11.3 Å². The average Bonchev–Trinajstić information content (AvgIpc) is 2.99. The van der Waals surface area contributed by atoms with E-state index >= 15 is 0 Å². The first kappa shape index (κ1) is 18.4. The summed E-state index contributed by atoms with van der Waals surface area (Å²) in [5.74, 6) is -3.59. The lowest BCUT2D eigenvalue weighted by molar-refractivity contribution is -0.752. The number of aromatic nitrogens is 4. The van der Waals surface area contributed by atoms with Crippen LogP contribution in [-0.2, 0) is 16.1 Å². The number of nitrogens with zero attached hydrogens (tertiary/aromatic N) is 4. The number of carboxylic acid groups (broad SMARTS) is 2. The molecule has 2 heterocycles. The van der Waals surface area contributed by atoms with Gasteiger partial charge in [-0.05, 0) is 16.6 Å². The Balaban J connectivity index is 0.000000322. The fourth-order valence-electron chi connectivity index (χ4n) is 1.17. The number of halogens is 3. The molecule has 0 aromatic carbocycles. The lowest BCUT2D eigenvalue weighted by atomic mass is 10.2. The molecule has 0 radical (unpaired) electrons. The van der Waals surface area contributed by atoms with Crippen LogP contribution in [0.25, 0.3) is 11.3 Å². The Morgan fingerprint density at radius 1 is 1.30 bits per heavy atom. The van der Waals surface area contributed by atoms with Gasteiger partial charge in [0, 0.05) is 17.0 Å². The van der Waals surface area contributed by atoms with Crippen molar-refractivity contribution in [2.75, 3.05) is 0 Å². The molecule has 0 bridgehead atoms. The van der Waals surface area contributed by atoms with Crippen molar-refractivity contribution in [3.63, 3.8) is 0 Å². The smallest absolute Gasteiger partial charge is 0.481 e. The molecule has 0 amide bonds. The van der Waals surface area contributed by atoms with Gasteiger partial charge in [-0.15, -0.1) is 5.10 Å². The van der Waals surface area contributed by atoms with Gasteiger partial charge >= 0.3 is 18.1 Å². The van der Waals surface area contributed by atoms with Crippen LogP contribution in [0.3, 0.4) is 0 Å². The average molecular weight is 351 g/mol. The van der Waals surface area contributed by atoms with Gasteiger partial charge in [-0.1, -0.05) is 9.17 Å². The number of rotatable bonds is 4. The molecule has 23 heavy (non-hydrogen) atoms. The van der Waals surface area contributed by atoms with E-state index in [1.165, 1.54) is 11.5 Å². The van der Waals surface area contributed by atoms with E-state index in [1.54, 1.807) is 17.1 Å². The second kappa shape index (κ2) is 8.12. The molecule has 2 rings (SSSR count). The maximum Gasteiger partial charge on any atom is 0.490 e. The molecule has 0 atom stereocenters. The molecule has 0 fully saturated rings. The molecular formula is C11H10F3N4O4S+. The van der Waals surface area contributed by atoms with Gasteiger partial charge in [0.2, 0.25) is 0 Å². The van der Waals surface area contributed by atoms with Gasteiger partial charge in [0.25, 0.3) is 0 Å². The Morgan fingerprint density at radius 2 is 1.96 bits per heavy atom. The Bertz CT molecular complexity index is 646. The van der Waals surface area contributed by atoms with Crippen molar-refractivity contribution in [2.24, 2.45) is 0 Å². The van der Waals surface area contributed by atoms with Crippen molar-refractivity contribution >= 4 is 23.5 Å². The van der Waals surface area contributed by atoms with Crippen LogP contribution >= 0.6 is 11.5 Å². The summed E-state index contributed by atoms with van der Waals surface area (Å²) in [5.41, 5.74) is 1.66. The minimum atomic E-state index is -5.08. The fraction of sp³-hybridized carbons (Fsp3) is 0.273. The summed E-state index contributed by atoms with van der Waals surface area (Å²) < 4.78 is 37.1. The number of alkyl halides is 3. The van der Waals surface area contributed by atoms with Crippen LogP contribution in [0.1, 0.15) is 6.42 Å². The van der Waals surface area contributed by atoms with Crippen molar-refractivity contribution in [1.82, 2.24) is 14.7 Å². The predicted molar refractivity (Wildman–Crippen MR) is 69.3 cm³/mol. The number of hydrogen-bond acceptors (Lipinski definition) is 6. The lowest BCUT2D eigenvalue weighted by Gasteiger charge is -1.93. The van der Waals surface area contributed by atoms with Gasteiger partial charge in [-0.25, -0.2) is 4.79 Å².